The maximum Gasteiger partial charge on any atom is 0.310 e. The van der Waals surface area contributed by atoms with Crippen molar-refractivity contribution in [2.45, 2.75) is 11.8 Å². The number of esters is 1. The molecular formula is C10H9Br2ClO2. The molecule has 0 aliphatic rings. The summed E-state index contributed by atoms with van der Waals surface area (Å²) in [5.41, 5.74) is 1.89. The Balaban J connectivity index is 3.12. The third kappa shape index (κ3) is 3.20. The molecule has 0 saturated heterocycles. The van der Waals surface area contributed by atoms with Crippen LogP contribution in [0.3, 0.4) is 0 Å². The molecule has 1 rings (SSSR count). The average molecular weight is 356 g/mol. The summed E-state index contributed by atoms with van der Waals surface area (Å²) in [6, 6.07) is 3.68. The minimum atomic E-state index is -0.278. The first-order valence-electron chi connectivity index (χ1n) is 4.18. The zero-order chi connectivity index (χ0) is 11.4. The highest BCUT2D eigenvalue weighted by Crippen LogP contribution is 2.30. The second-order valence-electron chi connectivity index (χ2n) is 2.89. The summed E-state index contributed by atoms with van der Waals surface area (Å²) >= 11 is 12.7. The van der Waals surface area contributed by atoms with Crippen LogP contribution in [-0.2, 0) is 21.3 Å². The minimum Gasteiger partial charge on any atom is -0.469 e. The second-order valence-corrected chi connectivity index (χ2v) is 4.65. The van der Waals surface area contributed by atoms with Crippen molar-refractivity contribution in [3.63, 3.8) is 0 Å². The van der Waals surface area contributed by atoms with Crippen LogP contribution in [0.2, 0.25) is 5.02 Å². The van der Waals surface area contributed by atoms with Crippen LogP contribution in [0, 0.1) is 0 Å². The molecule has 0 aromatic heterocycles. The summed E-state index contributed by atoms with van der Waals surface area (Å²) in [5.74, 6) is -0.278. The quantitative estimate of drug-likeness (QED) is 0.610. The molecule has 2 nitrogen and oxygen atoms in total. The Morgan fingerprint density at radius 2 is 2.20 bits per heavy atom. The maximum absolute atomic E-state index is 11.2. The lowest BCUT2D eigenvalue weighted by atomic mass is 10.1. The Hall–Kier alpha value is -0.0600. The van der Waals surface area contributed by atoms with Gasteiger partial charge in [-0.15, -0.1) is 0 Å². The first kappa shape index (κ1) is 13.0. The van der Waals surface area contributed by atoms with Crippen LogP contribution >= 0.6 is 43.5 Å². The number of hydrogen-bond donors (Lipinski definition) is 0. The molecule has 0 radical (unpaired) electrons. The van der Waals surface area contributed by atoms with Gasteiger partial charge < -0.3 is 4.74 Å². The van der Waals surface area contributed by atoms with E-state index in [1.807, 2.05) is 6.07 Å². The van der Waals surface area contributed by atoms with Crippen molar-refractivity contribution in [2.24, 2.45) is 0 Å². The summed E-state index contributed by atoms with van der Waals surface area (Å²) in [6.45, 7) is 0. The molecule has 0 fully saturated rings. The van der Waals surface area contributed by atoms with Crippen molar-refractivity contribution in [2.75, 3.05) is 7.11 Å². The lowest BCUT2D eigenvalue weighted by Gasteiger charge is -2.10. The van der Waals surface area contributed by atoms with Gasteiger partial charge in [-0.05, 0) is 33.1 Å². The zero-order valence-corrected chi connectivity index (χ0v) is 11.9. The largest absolute Gasteiger partial charge is 0.469 e. The van der Waals surface area contributed by atoms with E-state index in [9.17, 15) is 4.79 Å². The Bertz CT molecular complexity index is 380. The molecule has 5 heteroatoms. The van der Waals surface area contributed by atoms with Gasteiger partial charge >= 0.3 is 5.97 Å². The van der Waals surface area contributed by atoms with Crippen LogP contribution in [0.5, 0.6) is 0 Å². The van der Waals surface area contributed by atoms with E-state index < -0.39 is 0 Å². The SMILES string of the molecule is COC(=O)Cc1c(CBr)ccc(Cl)c1Br. The molecule has 0 saturated carbocycles. The Labute approximate surface area is 110 Å². The maximum atomic E-state index is 11.2. The van der Waals surface area contributed by atoms with Gasteiger partial charge in [0.1, 0.15) is 0 Å². The van der Waals surface area contributed by atoms with Crippen molar-refractivity contribution in [3.05, 3.63) is 32.8 Å². The van der Waals surface area contributed by atoms with Crippen LogP contribution in [0.15, 0.2) is 16.6 Å². The van der Waals surface area contributed by atoms with E-state index in [1.165, 1.54) is 7.11 Å². The van der Waals surface area contributed by atoms with Crippen molar-refractivity contribution >= 4 is 49.4 Å². The Morgan fingerprint density at radius 1 is 1.53 bits per heavy atom. The number of halogens is 3. The standard InChI is InChI=1S/C10H9Br2ClO2/c1-15-9(14)4-7-6(5-11)2-3-8(13)10(7)12/h2-3H,4-5H2,1H3. The van der Waals surface area contributed by atoms with Crippen LogP contribution < -0.4 is 0 Å². The number of alkyl halides is 1. The highest BCUT2D eigenvalue weighted by molar-refractivity contribution is 9.10. The van der Waals surface area contributed by atoms with E-state index in [-0.39, 0.29) is 12.4 Å². The first-order valence-corrected chi connectivity index (χ1v) is 6.48. The molecule has 82 valence electrons. The number of methoxy groups -OCH3 is 1. The van der Waals surface area contributed by atoms with Crippen molar-refractivity contribution in [1.82, 2.24) is 0 Å². The van der Waals surface area contributed by atoms with E-state index in [0.29, 0.717) is 10.4 Å². The summed E-state index contributed by atoms with van der Waals surface area (Å²) in [4.78, 5) is 11.2. The number of rotatable bonds is 3. The van der Waals surface area contributed by atoms with Gasteiger partial charge in [0.25, 0.3) is 0 Å². The van der Waals surface area contributed by atoms with Gasteiger partial charge in [-0.25, -0.2) is 0 Å². The number of carbonyl (C=O) groups excluding carboxylic acids is 1. The van der Waals surface area contributed by atoms with Crippen LogP contribution in [0.1, 0.15) is 11.1 Å². The zero-order valence-electron chi connectivity index (χ0n) is 8.02. The summed E-state index contributed by atoms with van der Waals surface area (Å²) in [6.07, 6.45) is 0.221. The first-order chi connectivity index (χ1) is 7.10. The van der Waals surface area contributed by atoms with Crippen LogP contribution in [-0.4, -0.2) is 13.1 Å². The van der Waals surface area contributed by atoms with Crippen molar-refractivity contribution in [3.8, 4) is 0 Å². The fourth-order valence-electron chi connectivity index (χ4n) is 1.17. The van der Waals surface area contributed by atoms with Gasteiger partial charge in [-0.2, -0.15) is 0 Å². The van der Waals surface area contributed by atoms with E-state index in [2.05, 4.69) is 36.6 Å². The predicted octanol–water partition coefficient (Wildman–Crippen LogP) is 3.71. The molecule has 1 aromatic rings. The fraction of sp³-hybridized carbons (Fsp3) is 0.300. The van der Waals surface area contributed by atoms with E-state index in [1.54, 1.807) is 6.07 Å². The monoisotopic (exact) mass is 354 g/mol. The lowest BCUT2D eigenvalue weighted by molar-refractivity contribution is -0.139. The molecule has 1 aromatic carbocycles. The molecule has 15 heavy (non-hydrogen) atoms. The third-order valence-electron chi connectivity index (χ3n) is 1.99. The van der Waals surface area contributed by atoms with E-state index >= 15 is 0 Å². The topological polar surface area (TPSA) is 26.3 Å². The molecule has 0 amide bonds. The van der Waals surface area contributed by atoms with Crippen molar-refractivity contribution in [1.29, 1.82) is 0 Å². The molecular weight excluding hydrogens is 347 g/mol. The molecule has 0 N–H and O–H groups in total. The molecule has 0 spiro atoms. The summed E-state index contributed by atoms with van der Waals surface area (Å²) < 4.78 is 5.39. The second kappa shape index (κ2) is 5.87. The van der Waals surface area contributed by atoms with Gasteiger partial charge in [0, 0.05) is 9.80 Å². The molecule has 0 aliphatic heterocycles. The molecule has 0 aliphatic carbocycles. The van der Waals surface area contributed by atoms with Crippen LogP contribution in [0.4, 0.5) is 0 Å². The minimum absolute atomic E-state index is 0.221. The Morgan fingerprint density at radius 3 is 2.73 bits per heavy atom. The molecule has 0 atom stereocenters. The van der Waals surface area contributed by atoms with Gasteiger partial charge in [0.2, 0.25) is 0 Å². The van der Waals surface area contributed by atoms with Crippen molar-refractivity contribution < 1.29 is 9.53 Å². The fourth-order valence-corrected chi connectivity index (χ4v) is 2.39. The lowest BCUT2D eigenvalue weighted by Crippen LogP contribution is -2.07. The normalized spacial score (nSPS) is 10.1. The van der Waals surface area contributed by atoms with Gasteiger partial charge in [-0.3, -0.25) is 4.79 Å². The number of ether oxygens (including phenoxy) is 1. The highest BCUT2D eigenvalue weighted by atomic mass is 79.9. The van der Waals surface area contributed by atoms with E-state index in [4.69, 9.17) is 11.6 Å². The van der Waals surface area contributed by atoms with Gasteiger partial charge in [0.15, 0.2) is 0 Å². The number of carbonyl (C=O) groups is 1. The predicted molar refractivity (Wildman–Crippen MR) is 67.5 cm³/mol. The average Bonchev–Trinajstić information content (AvgIpc) is 2.25. The van der Waals surface area contributed by atoms with Gasteiger partial charge in [-0.1, -0.05) is 33.6 Å². The number of hydrogen-bond acceptors (Lipinski definition) is 2. The molecule has 0 bridgehead atoms. The van der Waals surface area contributed by atoms with Crippen LogP contribution in [0.25, 0.3) is 0 Å². The molecule has 0 unspecified atom stereocenters. The van der Waals surface area contributed by atoms with E-state index in [0.717, 1.165) is 15.6 Å². The summed E-state index contributed by atoms with van der Waals surface area (Å²) in [5, 5.41) is 1.27. The Kier molecular flexibility index (Phi) is 5.09. The molecule has 0 heterocycles. The highest BCUT2D eigenvalue weighted by Gasteiger charge is 2.13. The smallest absolute Gasteiger partial charge is 0.310 e. The summed E-state index contributed by atoms with van der Waals surface area (Å²) in [7, 11) is 1.37. The third-order valence-corrected chi connectivity index (χ3v) is 4.04. The van der Waals surface area contributed by atoms with Gasteiger partial charge in [0.05, 0.1) is 18.6 Å². The number of benzene rings is 1.